The molecule has 0 saturated heterocycles. The van der Waals surface area contributed by atoms with Gasteiger partial charge in [0, 0.05) is 5.41 Å². The van der Waals surface area contributed by atoms with Crippen LogP contribution in [-0.4, -0.2) is 17.2 Å². The Balaban J connectivity index is 1.69. The molecule has 0 aliphatic heterocycles. The van der Waals surface area contributed by atoms with Crippen molar-refractivity contribution in [3.05, 3.63) is 60.2 Å². The zero-order chi connectivity index (χ0) is 25.0. The van der Waals surface area contributed by atoms with Crippen molar-refractivity contribution in [2.24, 2.45) is 45.8 Å². The van der Waals surface area contributed by atoms with Crippen LogP contribution in [0.2, 0.25) is 0 Å². The molecule has 186 valence electrons. The van der Waals surface area contributed by atoms with Gasteiger partial charge in [0.15, 0.2) is 0 Å². The summed E-state index contributed by atoms with van der Waals surface area (Å²) in [6.45, 7) is 10.6. The summed E-state index contributed by atoms with van der Waals surface area (Å²) in [7, 11) is 0. The van der Waals surface area contributed by atoms with Gasteiger partial charge in [-0.05, 0) is 67.3 Å². The summed E-state index contributed by atoms with van der Waals surface area (Å²) >= 11 is 0. The highest BCUT2D eigenvalue weighted by atomic mass is 16.5. The van der Waals surface area contributed by atoms with Crippen LogP contribution in [0.25, 0.3) is 0 Å². The number of esters is 1. The Morgan fingerprint density at radius 3 is 2.69 bits per heavy atom. The Morgan fingerprint density at radius 1 is 1.29 bits per heavy atom. The second-order valence-corrected chi connectivity index (χ2v) is 11.9. The number of allylic oxidation sites excluding steroid dienone is 2. The van der Waals surface area contributed by atoms with E-state index in [-0.39, 0.29) is 30.3 Å². The molecule has 1 aromatic rings. The molecule has 4 aliphatic rings. The normalized spacial score (nSPS) is 39.6. The van der Waals surface area contributed by atoms with E-state index in [1.807, 2.05) is 36.4 Å². The van der Waals surface area contributed by atoms with Crippen molar-refractivity contribution in [1.29, 1.82) is 5.26 Å². The molecule has 4 heteroatoms. The minimum atomic E-state index is -1.10. The van der Waals surface area contributed by atoms with Crippen LogP contribution in [-0.2, 0) is 16.1 Å². The highest BCUT2D eigenvalue weighted by molar-refractivity contribution is 5.87. The average Bonchev–Trinajstić information content (AvgIpc) is 3.44. The van der Waals surface area contributed by atoms with E-state index in [2.05, 4.69) is 39.5 Å². The lowest BCUT2D eigenvalue weighted by Gasteiger charge is -2.59. The number of benzene rings is 1. The zero-order valence-electron chi connectivity index (χ0n) is 21.4. The Bertz CT molecular complexity index is 1070. The number of carbonyl (C=O) groups excluding carboxylic acids is 1. The number of hydrogen-bond acceptors (Lipinski definition) is 4. The summed E-state index contributed by atoms with van der Waals surface area (Å²) < 4.78 is 6.17. The van der Waals surface area contributed by atoms with Gasteiger partial charge in [0.1, 0.15) is 12.0 Å². The van der Waals surface area contributed by atoms with Crippen LogP contribution >= 0.6 is 0 Å². The predicted octanol–water partition coefficient (Wildman–Crippen LogP) is 6.22. The molecule has 0 amide bonds. The van der Waals surface area contributed by atoms with Gasteiger partial charge in [-0.15, -0.1) is 6.58 Å². The summed E-state index contributed by atoms with van der Waals surface area (Å²) in [5.41, 5.74) is -0.663. The SMILES string of the molecule is C=CCCC(O)C12C[C@@H]3[C@H](C)CC[C@H]3C3(C#N)CC1C=C(C(C)C)C23C(=O)OCc1ccccc1. The number of nitriles is 1. The van der Waals surface area contributed by atoms with Crippen LogP contribution in [0.3, 0.4) is 0 Å². The van der Waals surface area contributed by atoms with E-state index in [1.165, 1.54) is 0 Å². The molecule has 0 aromatic heterocycles. The Morgan fingerprint density at radius 2 is 2.03 bits per heavy atom. The van der Waals surface area contributed by atoms with Gasteiger partial charge in [-0.25, -0.2) is 0 Å². The molecule has 3 saturated carbocycles. The summed E-state index contributed by atoms with van der Waals surface area (Å²) in [6.07, 6.45) is 8.17. The van der Waals surface area contributed by atoms with Gasteiger partial charge >= 0.3 is 5.97 Å². The van der Waals surface area contributed by atoms with E-state index in [0.717, 1.165) is 30.4 Å². The van der Waals surface area contributed by atoms with Crippen molar-refractivity contribution in [3.8, 4) is 6.07 Å². The molecule has 35 heavy (non-hydrogen) atoms. The van der Waals surface area contributed by atoms with Gasteiger partial charge in [0.2, 0.25) is 0 Å². The molecule has 0 heterocycles. The first kappa shape index (κ1) is 24.3. The monoisotopic (exact) mass is 473 g/mol. The maximum Gasteiger partial charge on any atom is 0.318 e. The summed E-state index contributed by atoms with van der Waals surface area (Å²) in [5.74, 6) is 0.835. The van der Waals surface area contributed by atoms with Gasteiger partial charge in [-0.2, -0.15) is 5.26 Å². The van der Waals surface area contributed by atoms with Crippen LogP contribution in [0.15, 0.2) is 54.6 Å². The number of fused-ring (bicyclic) bond motifs is 2. The van der Waals surface area contributed by atoms with E-state index in [9.17, 15) is 15.2 Å². The van der Waals surface area contributed by atoms with Gasteiger partial charge in [0.25, 0.3) is 0 Å². The number of aliphatic hydroxyl groups is 1. The lowest BCUT2D eigenvalue weighted by molar-refractivity contribution is -0.194. The third kappa shape index (κ3) is 2.97. The second-order valence-electron chi connectivity index (χ2n) is 11.9. The molecular weight excluding hydrogens is 434 g/mol. The maximum absolute atomic E-state index is 14.6. The fourth-order valence-electron chi connectivity index (χ4n) is 9.12. The van der Waals surface area contributed by atoms with E-state index >= 15 is 0 Å². The third-order valence-electron chi connectivity index (χ3n) is 10.4. The topological polar surface area (TPSA) is 70.3 Å². The Kier molecular flexibility index (Phi) is 5.99. The Labute approximate surface area is 210 Å². The molecule has 4 bridgehead atoms. The first-order valence-corrected chi connectivity index (χ1v) is 13.4. The molecule has 5 rings (SSSR count). The Hall–Kier alpha value is -2.38. The molecule has 8 atom stereocenters. The fourth-order valence-corrected chi connectivity index (χ4v) is 9.12. The molecule has 4 aliphatic carbocycles. The van der Waals surface area contributed by atoms with Crippen molar-refractivity contribution in [1.82, 2.24) is 0 Å². The molecule has 4 nitrogen and oxygen atoms in total. The second kappa shape index (κ2) is 8.63. The van der Waals surface area contributed by atoms with E-state index < -0.39 is 22.3 Å². The maximum atomic E-state index is 14.6. The quantitative estimate of drug-likeness (QED) is 0.359. The minimum absolute atomic E-state index is 0.0152. The molecule has 3 fully saturated rings. The lowest BCUT2D eigenvalue weighted by atomic mass is 9.41. The van der Waals surface area contributed by atoms with Gasteiger partial charge in [-0.3, -0.25) is 4.79 Å². The highest BCUT2D eigenvalue weighted by Crippen LogP contribution is 2.84. The van der Waals surface area contributed by atoms with Gasteiger partial charge in [-0.1, -0.05) is 75.2 Å². The smallest absolute Gasteiger partial charge is 0.318 e. The first-order valence-electron chi connectivity index (χ1n) is 13.4. The van der Waals surface area contributed by atoms with Gasteiger partial charge < -0.3 is 9.84 Å². The highest BCUT2D eigenvalue weighted by Gasteiger charge is 2.86. The number of aliphatic hydroxyl groups excluding tert-OH is 1. The molecule has 5 unspecified atom stereocenters. The van der Waals surface area contributed by atoms with Crippen molar-refractivity contribution in [3.63, 3.8) is 0 Å². The number of ether oxygens (including phenoxy) is 1. The van der Waals surface area contributed by atoms with Crippen molar-refractivity contribution in [2.75, 3.05) is 0 Å². The van der Waals surface area contributed by atoms with Crippen LogP contribution in [0.1, 0.15) is 64.9 Å². The van der Waals surface area contributed by atoms with Crippen LogP contribution in [0.4, 0.5) is 0 Å². The van der Waals surface area contributed by atoms with E-state index in [0.29, 0.717) is 31.1 Å². The van der Waals surface area contributed by atoms with Crippen molar-refractivity contribution >= 4 is 5.97 Å². The number of rotatable bonds is 8. The molecule has 0 radical (unpaired) electrons. The van der Waals surface area contributed by atoms with Gasteiger partial charge in [0.05, 0.1) is 17.6 Å². The van der Waals surface area contributed by atoms with Crippen LogP contribution in [0, 0.1) is 57.2 Å². The number of hydrogen-bond donors (Lipinski definition) is 1. The lowest BCUT2D eigenvalue weighted by Crippen LogP contribution is -2.64. The van der Waals surface area contributed by atoms with Crippen molar-refractivity contribution < 1.29 is 14.6 Å². The standard InChI is InChI=1S/C31H39NO3/c1-5-6-12-27(33)30-17-24-21(4)13-14-25(24)29(19-32)16-23(30)15-26(20(2)3)31(29,30)28(34)35-18-22-10-8-7-9-11-22/h5,7-11,15,20-21,23-25,27,33H,1,6,12-14,16-18H2,2-4H3/t21-,23?,24-,25-,27?,29?,30?,31?/m1/s1. The average molecular weight is 474 g/mol. The summed E-state index contributed by atoms with van der Waals surface area (Å²) in [6, 6.07) is 12.6. The molecular formula is C31H39NO3. The summed E-state index contributed by atoms with van der Waals surface area (Å²) in [4.78, 5) is 14.6. The molecule has 0 spiro atoms. The van der Waals surface area contributed by atoms with Crippen LogP contribution < -0.4 is 0 Å². The first-order chi connectivity index (χ1) is 16.8. The predicted molar refractivity (Wildman–Crippen MR) is 136 cm³/mol. The minimum Gasteiger partial charge on any atom is -0.460 e. The van der Waals surface area contributed by atoms with Crippen LogP contribution in [0.5, 0.6) is 0 Å². The number of carbonyl (C=O) groups is 1. The molecule has 1 N–H and O–H groups in total. The zero-order valence-corrected chi connectivity index (χ0v) is 21.4. The largest absolute Gasteiger partial charge is 0.460 e. The third-order valence-corrected chi connectivity index (χ3v) is 10.4. The fraction of sp³-hybridized carbons (Fsp3) is 0.613. The van der Waals surface area contributed by atoms with E-state index in [1.54, 1.807) is 0 Å². The van der Waals surface area contributed by atoms with E-state index in [4.69, 9.17) is 4.74 Å². The summed E-state index contributed by atoms with van der Waals surface area (Å²) in [5, 5.41) is 23.0. The molecule has 1 aromatic carbocycles. The van der Waals surface area contributed by atoms with Crippen molar-refractivity contribution in [2.45, 2.75) is 72.0 Å². The number of nitrogens with zero attached hydrogens (tertiary/aromatic N) is 1.